The summed E-state index contributed by atoms with van der Waals surface area (Å²) in [7, 11) is -5.97. The molecule has 5 aliphatic carbocycles. The van der Waals surface area contributed by atoms with E-state index in [9.17, 15) is 36.7 Å². The van der Waals surface area contributed by atoms with E-state index < -0.39 is 56.8 Å². The van der Waals surface area contributed by atoms with Gasteiger partial charge < -0.3 is 19.3 Å². The van der Waals surface area contributed by atoms with Crippen molar-refractivity contribution in [3.05, 3.63) is 0 Å². The van der Waals surface area contributed by atoms with E-state index in [2.05, 4.69) is 0 Å². The number of hydrogen-bond acceptors (Lipinski definition) is 9. The van der Waals surface area contributed by atoms with Crippen molar-refractivity contribution in [3.63, 3.8) is 0 Å². The maximum Gasteiger partial charge on any atom is 0.465 e. The van der Waals surface area contributed by atoms with Gasteiger partial charge in [-0.25, -0.2) is 4.79 Å². The molecule has 0 aromatic rings. The minimum absolute atomic E-state index is 0.0912. The van der Waals surface area contributed by atoms with E-state index in [0.717, 1.165) is 32.1 Å². The fraction of sp³-hybridized carbons (Fsp3) is 0.870. The molecule has 36 heavy (non-hydrogen) atoms. The van der Waals surface area contributed by atoms with Gasteiger partial charge in [-0.15, -0.1) is 0 Å². The van der Waals surface area contributed by atoms with Gasteiger partial charge in [0.15, 0.2) is 0 Å². The molecule has 4 bridgehead atoms. The highest BCUT2D eigenvalue weighted by atomic mass is 32.2. The van der Waals surface area contributed by atoms with Crippen molar-refractivity contribution in [2.24, 2.45) is 29.1 Å². The zero-order valence-electron chi connectivity index (χ0n) is 19.8. The topological polar surface area (TPSA) is 154 Å². The molecule has 0 aliphatic heterocycles. The van der Waals surface area contributed by atoms with E-state index in [1.165, 1.54) is 0 Å². The summed E-state index contributed by atoms with van der Waals surface area (Å²) in [6.07, 6.45) is 4.37. The molecule has 0 amide bonds. The van der Waals surface area contributed by atoms with E-state index in [0.29, 0.717) is 19.3 Å². The molecule has 0 heterocycles. The molecular weight excluding hydrogens is 506 g/mol. The average molecular weight is 539 g/mol. The van der Waals surface area contributed by atoms with E-state index >= 15 is 0 Å². The van der Waals surface area contributed by atoms with Crippen LogP contribution < -0.4 is 0 Å². The second-order valence-electron chi connectivity index (χ2n) is 10.8. The van der Waals surface area contributed by atoms with Crippen molar-refractivity contribution >= 4 is 28.0 Å². The normalized spacial score (nSPS) is 33.1. The van der Waals surface area contributed by atoms with Gasteiger partial charge in [-0.05, 0) is 62.7 Å². The second-order valence-corrected chi connectivity index (χ2v) is 12.3. The molecule has 10 nitrogen and oxygen atoms in total. The highest BCUT2D eigenvalue weighted by Gasteiger charge is 2.62. The van der Waals surface area contributed by atoms with Crippen LogP contribution in [0.25, 0.3) is 0 Å². The maximum atomic E-state index is 13.7. The Labute approximate surface area is 207 Å². The average Bonchev–Trinajstić information content (AvgIpc) is 2.82. The Hall–Kier alpha value is -1.86. The number of carbonyl (C=O) groups excluding carboxylic acids is 3. The lowest BCUT2D eigenvalue weighted by Gasteiger charge is -2.57. The fourth-order valence-corrected chi connectivity index (χ4v) is 6.98. The van der Waals surface area contributed by atoms with Crippen LogP contribution in [0.4, 0.5) is 8.78 Å². The van der Waals surface area contributed by atoms with Gasteiger partial charge in [0.25, 0.3) is 0 Å². The van der Waals surface area contributed by atoms with E-state index in [1.807, 2.05) is 0 Å². The van der Waals surface area contributed by atoms with Crippen molar-refractivity contribution in [3.8, 4) is 0 Å². The van der Waals surface area contributed by atoms with Crippen LogP contribution in [-0.4, -0.2) is 66.7 Å². The minimum atomic E-state index is -5.97. The Morgan fingerprint density at radius 1 is 0.972 bits per heavy atom. The van der Waals surface area contributed by atoms with Gasteiger partial charge in [0, 0.05) is 0 Å². The zero-order valence-corrected chi connectivity index (χ0v) is 20.6. The molecule has 3 unspecified atom stereocenters. The molecule has 0 saturated heterocycles. The maximum absolute atomic E-state index is 13.7. The third-order valence-electron chi connectivity index (χ3n) is 8.19. The van der Waals surface area contributed by atoms with E-state index in [1.54, 1.807) is 0 Å². The quantitative estimate of drug-likeness (QED) is 0.254. The van der Waals surface area contributed by atoms with Gasteiger partial charge in [-0.1, -0.05) is 19.3 Å². The molecule has 0 radical (unpaired) electrons. The molecule has 0 aromatic carbocycles. The van der Waals surface area contributed by atoms with Crippen molar-refractivity contribution in [2.45, 2.75) is 81.7 Å². The first kappa shape index (κ1) is 27.2. The van der Waals surface area contributed by atoms with Crippen LogP contribution in [0.2, 0.25) is 0 Å². The summed E-state index contributed by atoms with van der Waals surface area (Å²) in [6.45, 7) is -0.652. The lowest BCUT2D eigenvalue weighted by molar-refractivity contribution is -0.204. The Bertz CT molecular complexity index is 961. The van der Waals surface area contributed by atoms with Crippen LogP contribution in [0.3, 0.4) is 0 Å². The molecule has 0 spiro atoms. The predicted molar refractivity (Wildman–Crippen MR) is 117 cm³/mol. The van der Waals surface area contributed by atoms with E-state index in [4.69, 9.17) is 18.8 Å². The number of rotatable bonds is 9. The SMILES string of the molecule is O=C(OCC(O)COC(=O)C12CC3CC(C1)C(OC(=O)C(F)(F)S(=O)(=O)O)C(C3)C2)C1CCCCC1. The van der Waals surface area contributed by atoms with Crippen LogP contribution in [0.5, 0.6) is 0 Å². The third kappa shape index (κ3) is 5.38. The van der Waals surface area contributed by atoms with Crippen LogP contribution in [0.15, 0.2) is 0 Å². The van der Waals surface area contributed by atoms with E-state index in [-0.39, 0.29) is 43.9 Å². The number of halogens is 2. The second kappa shape index (κ2) is 10.1. The summed E-state index contributed by atoms with van der Waals surface area (Å²) < 4.78 is 73.2. The fourth-order valence-electron chi connectivity index (χ4n) is 6.73. The van der Waals surface area contributed by atoms with Crippen LogP contribution in [-0.2, 0) is 38.7 Å². The summed E-state index contributed by atoms with van der Waals surface area (Å²) in [5.74, 6) is -4.19. The summed E-state index contributed by atoms with van der Waals surface area (Å²) in [5.41, 5.74) is -0.913. The van der Waals surface area contributed by atoms with Crippen molar-refractivity contribution in [1.82, 2.24) is 0 Å². The lowest BCUT2D eigenvalue weighted by Crippen LogP contribution is -2.58. The van der Waals surface area contributed by atoms with Gasteiger partial charge in [0.1, 0.15) is 25.4 Å². The van der Waals surface area contributed by atoms with Crippen LogP contribution in [0, 0.1) is 29.1 Å². The van der Waals surface area contributed by atoms with Gasteiger partial charge >= 0.3 is 33.3 Å². The smallest absolute Gasteiger partial charge is 0.463 e. The largest absolute Gasteiger partial charge is 0.465 e. The molecule has 13 heteroatoms. The Morgan fingerprint density at radius 3 is 2.14 bits per heavy atom. The Kier molecular flexibility index (Phi) is 7.65. The first-order chi connectivity index (χ1) is 16.8. The van der Waals surface area contributed by atoms with Gasteiger partial charge in [0.05, 0.1) is 11.3 Å². The van der Waals surface area contributed by atoms with Gasteiger partial charge in [-0.2, -0.15) is 17.2 Å². The molecule has 5 fully saturated rings. The van der Waals surface area contributed by atoms with Crippen molar-refractivity contribution in [2.75, 3.05) is 13.2 Å². The zero-order chi connectivity index (χ0) is 26.3. The first-order valence-electron chi connectivity index (χ1n) is 12.4. The van der Waals surface area contributed by atoms with Crippen LogP contribution in [0.1, 0.15) is 64.2 Å². The number of aliphatic hydroxyl groups is 1. The van der Waals surface area contributed by atoms with Gasteiger partial charge in [0.2, 0.25) is 0 Å². The summed E-state index contributed by atoms with van der Waals surface area (Å²) in [4.78, 5) is 37.0. The number of aliphatic hydroxyl groups excluding tert-OH is 1. The molecule has 5 aliphatic rings. The van der Waals surface area contributed by atoms with Crippen molar-refractivity contribution in [1.29, 1.82) is 0 Å². The summed E-state index contributed by atoms with van der Waals surface area (Å²) in [5, 5.41) is 5.08. The summed E-state index contributed by atoms with van der Waals surface area (Å²) in [6, 6.07) is 0. The minimum Gasteiger partial charge on any atom is -0.463 e. The number of esters is 3. The first-order valence-corrected chi connectivity index (χ1v) is 13.8. The number of hydrogen-bond donors (Lipinski definition) is 2. The predicted octanol–water partition coefficient (Wildman–Crippen LogP) is 2.23. The molecule has 5 rings (SSSR count). The molecular formula is C23H32F2O10S. The monoisotopic (exact) mass is 538 g/mol. The Balaban J connectivity index is 1.30. The number of carbonyl (C=O) groups is 3. The Morgan fingerprint density at radius 2 is 1.56 bits per heavy atom. The van der Waals surface area contributed by atoms with Crippen LogP contribution >= 0.6 is 0 Å². The molecule has 204 valence electrons. The molecule has 5 saturated carbocycles. The molecule has 0 aromatic heterocycles. The third-order valence-corrected chi connectivity index (χ3v) is 9.00. The van der Waals surface area contributed by atoms with Crippen molar-refractivity contribution < 1.29 is 55.5 Å². The highest BCUT2D eigenvalue weighted by molar-refractivity contribution is 7.87. The van der Waals surface area contributed by atoms with Gasteiger partial charge in [-0.3, -0.25) is 14.1 Å². The summed E-state index contributed by atoms with van der Waals surface area (Å²) >= 11 is 0. The standard InChI is InChI=1S/C23H32F2O10S/c24-23(25,36(30,31)32)21(29)35-18-15-6-13-7-16(18)10-22(8-13,9-15)20(28)34-12-17(26)11-33-19(27)14-4-2-1-3-5-14/h13-18,26H,1-12H2,(H,30,31,32). The highest BCUT2D eigenvalue weighted by Crippen LogP contribution is 2.61. The molecule has 3 atom stereocenters. The number of ether oxygens (including phenoxy) is 3. The molecule has 2 N–H and O–H groups in total. The number of alkyl halides is 2. The lowest BCUT2D eigenvalue weighted by atomic mass is 9.48.